The minimum absolute atomic E-state index is 0. The predicted octanol–water partition coefficient (Wildman–Crippen LogP) is 2.74. The average molecular weight is 440 g/mol. The minimum Gasteiger partial charge on any atom is -0.370 e. The largest absolute Gasteiger partial charge is 0.370 e. The van der Waals surface area contributed by atoms with Crippen LogP contribution in [-0.4, -0.2) is 38.5 Å². The number of aliphatic imine (C=N–C) groups is 1. The number of aromatic nitrogens is 3. The summed E-state index contributed by atoms with van der Waals surface area (Å²) in [5.41, 5.74) is 7.17. The van der Waals surface area contributed by atoms with Crippen LogP contribution in [0.3, 0.4) is 0 Å². The van der Waals surface area contributed by atoms with E-state index in [2.05, 4.69) is 26.8 Å². The Labute approximate surface area is 160 Å². The molecule has 7 heteroatoms. The highest BCUT2D eigenvalue weighted by Gasteiger charge is 2.16. The molecule has 0 atom stereocenters. The van der Waals surface area contributed by atoms with Crippen LogP contribution in [0, 0.1) is 12.8 Å². The number of hydrogen-bond acceptors (Lipinski definition) is 3. The molecule has 6 nitrogen and oxygen atoms in total. The van der Waals surface area contributed by atoms with Gasteiger partial charge in [-0.2, -0.15) is 0 Å². The molecule has 0 bridgehead atoms. The van der Waals surface area contributed by atoms with Crippen LogP contribution in [0.2, 0.25) is 0 Å². The quantitative estimate of drug-likeness (QED) is 0.453. The molecular formula is C17H25IN6. The monoisotopic (exact) mass is 440 g/mol. The summed E-state index contributed by atoms with van der Waals surface area (Å²) in [4.78, 5) is 15.4. The fourth-order valence-corrected chi connectivity index (χ4v) is 2.78. The Morgan fingerprint density at radius 1 is 1.29 bits per heavy atom. The Balaban J connectivity index is 0.00000208. The number of piperidine rings is 1. The molecular weight excluding hydrogens is 415 g/mol. The van der Waals surface area contributed by atoms with Gasteiger partial charge in [-0.05, 0) is 37.3 Å². The van der Waals surface area contributed by atoms with E-state index in [-0.39, 0.29) is 24.0 Å². The Morgan fingerprint density at radius 3 is 2.62 bits per heavy atom. The molecule has 24 heavy (non-hydrogen) atoms. The van der Waals surface area contributed by atoms with Gasteiger partial charge in [0.15, 0.2) is 5.96 Å². The number of aryl methyl sites for hydroxylation is 1. The van der Waals surface area contributed by atoms with Gasteiger partial charge in [0.25, 0.3) is 0 Å². The standard InChI is InChI=1S/C17H24N6.HI/c1-13-5-8-22(9-6-13)17(18)21-12-15-3-4-16(20-11-15)23-10-7-19-14(23)2;/h3-4,7,10-11,13H,5-6,8-9,12H2,1-2H3,(H2,18,21);1H. The van der Waals surface area contributed by atoms with Gasteiger partial charge in [-0.25, -0.2) is 15.0 Å². The molecule has 3 rings (SSSR count). The Bertz CT molecular complexity index is 671. The van der Waals surface area contributed by atoms with Crippen LogP contribution in [0.4, 0.5) is 0 Å². The molecule has 0 saturated carbocycles. The highest BCUT2D eigenvalue weighted by atomic mass is 127. The minimum atomic E-state index is 0. The number of guanidine groups is 1. The molecule has 0 aliphatic carbocycles. The van der Waals surface area contributed by atoms with E-state index in [0.717, 1.165) is 36.2 Å². The lowest BCUT2D eigenvalue weighted by Crippen LogP contribution is -2.42. The van der Waals surface area contributed by atoms with Gasteiger partial charge in [-0.1, -0.05) is 13.0 Å². The van der Waals surface area contributed by atoms with Crippen LogP contribution >= 0.6 is 24.0 Å². The number of halogens is 1. The molecule has 130 valence electrons. The molecule has 2 N–H and O–H groups in total. The van der Waals surface area contributed by atoms with Gasteiger partial charge < -0.3 is 10.6 Å². The molecule has 1 aliphatic rings. The third-order valence-electron chi connectivity index (χ3n) is 4.41. The van der Waals surface area contributed by atoms with E-state index in [0.29, 0.717) is 12.5 Å². The van der Waals surface area contributed by atoms with Crippen molar-refractivity contribution in [3.05, 3.63) is 42.1 Å². The third-order valence-corrected chi connectivity index (χ3v) is 4.41. The van der Waals surface area contributed by atoms with Crippen molar-refractivity contribution in [1.29, 1.82) is 0 Å². The zero-order valence-corrected chi connectivity index (χ0v) is 16.6. The third kappa shape index (κ3) is 4.46. The summed E-state index contributed by atoms with van der Waals surface area (Å²) in [6, 6.07) is 4.02. The summed E-state index contributed by atoms with van der Waals surface area (Å²) >= 11 is 0. The van der Waals surface area contributed by atoms with E-state index in [4.69, 9.17) is 5.73 Å². The van der Waals surface area contributed by atoms with E-state index in [1.54, 1.807) is 6.20 Å². The van der Waals surface area contributed by atoms with Gasteiger partial charge >= 0.3 is 0 Å². The van der Waals surface area contributed by atoms with Crippen molar-refractivity contribution in [2.24, 2.45) is 16.6 Å². The number of hydrogen-bond donors (Lipinski definition) is 1. The van der Waals surface area contributed by atoms with Crippen molar-refractivity contribution in [1.82, 2.24) is 19.4 Å². The Morgan fingerprint density at radius 2 is 2.04 bits per heavy atom. The molecule has 1 aliphatic heterocycles. The van der Waals surface area contributed by atoms with Gasteiger partial charge in [0.2, 0.25) is 0 Å². The summed E-state index contributed by atoms with van der Waals surface area (Å²) in [5.74, 6) is 3.23. The average Bonchev–Trinajstić information content (AvgIpc) is 3.00. The Hall–Kier alpha value is -1.64. The zero-order valence-electron chi connectivity index (χ0n) is 14.2. The van der Waals surface area contributed by atoms with Crippen molar-refractivity contribution in [3.63, 3.8) is 0 Å². The van der Waals surface area contributed by atoms with Crippen LogP contribution in [-0.2, 0) is 6.54 Å². The first-order valence-corrected chi connectivity index (χ1v) is 8.13. The molecule has 2 aromatic rings. The van der Waals surface area contributed by atoms with E-state index in [1.165, 1.54) is 12.8 Å². The molecule has 1 saturated heterocycles. The molecule has 1 fully saturated rings. The van der Waals surface area contributed by atoms with Crippen LogP contribution in [0.1, 0.15) is 31.2 Å². The molecule has 0 unspecified atom stereocenters. The number of nitrogens with zero attached hydrogens (tertiary/aromatic N) is 5. The number of likely N-dealkylation sites (tertiary alicyclic amines) is 1. The van der Waals surface area contributed by atoms with Gasteiger partial charge in [0, 0.05) is 31.7 Å². The van der Waals surface area contributed by atoms with Crippen LogP contribution in [0.15, 0.2) is 35.7 Å². The first-order valence-electron chi connectivity index (χ1n) is 8.13. The predicted molar refractivity (Wildman–Crippen MR) is 107 cm³/mol. The lowest BCUT2D eigenvalue weighted by atomic mass is 10.00. The summed E-state index contributed by atoms with van der Waals surface area (Å²) in [5, 5.41) is 0. The lowest BCUT2D eigenvalue weighted by Gasteiger charge is -2.31. The summed E-state index contributed by atoms with van der Waals surface area (Å²) < 4.78 is 1.95. The highest BCUT2D eigenvalue weighted by molar-refractivity contribution is 14.0. The number of pyridine rings is 1. The summed E-state index contributed by atoms with van der Waals surface area (Å²) in [6.45, 7) is 6.83. The van der Waals surface area contributed by atoms with Crippen molar-refractivity contribution < 1.29 is 0 Å². The first-order chi connectivity index (χ1) is 11.1. The van der Waals surface area contributed by atoms with E-state index in [1.807, 2.05) is 36.0 Å². The van der Waals surface area contributed by atoms with Gasteiger partial charge in [-0.3, -0.25) is 4.57 Å². The maximum absolute atomic E-state index is 6.11. The fourth-order valence-electron chi connectivity index (χ4n) is 2.78. The molecule has 0 amide bonds. The fraction of sp³-hybridized carbons (Fsp3) is 0.471. The van der Waals surface area contributed by atoms with Crippen molar-refractivity contribution in [2.75, 3.05) is 13.1 Å². The lowest BCUT2D eigenvalue weighted by molar-refractivity contribution is 0.277. The number of imidazole rings is 1. The van der Waals surface area contributed by atoms with E-state index >= 15 is 0 Å². The molecule has 0 radical (unpaired) electrons. The topological polar surface area (TPSA) is 72.3 Å². The maximum Gasteiger partial charge on any atom is 0.191 e. The first kappa shape index (κ1) is 18.7. The molecule has 0 spiro atoms. The molecule has 2 aromatic heterocycles. The number of rotatable bonds is 3. The van der Waals surface area contributed by atoms with Crippen molar-refractivity contribution in [2.45, 2.75) is 33.2 Å². The van der Waals surface area contributed by atoms with E-state index in [9.17, 15) is 0 Å². The smallest absolute Gasteiger partial charge is 0.191 e. The van der Waals surface area contributed by atoms with Gasteiger partial charge in [0.1, 0.15) is 11.6 Å². The normalized spacial score (nSPS) is 16.1. The molecule has 3 heterocycles. The second-order valence-corrected chi connectivity index (χ2v) is 6.21. The van der Waals surface area contributed by atoms with Crippen LogP contribution < -0.4 is 5.73 Å². The summed E-state index contributed by atoms with van der Waals surface area (Å²) in [6.07, 6.45) is 7.91. The second-order valence-electron chi connectivity index (χ2n) is 6.21. The zero-order chi connectivity index (χ0) is 16.2. The highest BCUT2D eigenvalue weighted by Crippen LogP contribution is 2.15. The van der Waals surface area contributed by atoms with Gasteiger partial charge in [0.05, 0.1) is 6.54 Å². The second kappa shape index (κ2) is 8.46. The maximum atomic E-state index is 6.11. The van der Waals surface area contributed by atoms with Crippen molar-refractivity contribution >= 4 is 29.9 Å². The van der Waals surface area contributed by atoms with Gasteiger partial charge in [-0.15, -0.1) is 24.0 Å². The Kier molecular flexibility index (Phi) is 6.59. The molecule has 0 aromatic carbocycles. The van der Waals surface area contributed by atoms with E-state index < -0.39 is 0 Å². The van der Waals surface area contributed by atoms with Crippen LogP contribution in [0.5, 0.6) is 0 Å². The SMILES string of the molecule is Cc1nccn1-c1ccc(CN=C(N)N2CCC(C)CC2)cn1.I. The number of nitrogens with two attached hydrogens (primary N) is 1. The summed E-state index contributed by atoms with van der Waals surface area (Å²) in [7, 11) is 0. The van der Waals surface area contributed by atoms with Crippen molar-refractivity contribution in [3.8, 4) is 5.82 Å². The van der Waals surface area contributed by atoms with Crippen LogP contribution in [0.25, 0.3) is 5.82 Å².